The third-order valence-electron chi connectivity index (χ3n) is 3.00. The Hall–Kier alpha value is -1.07. The molecule has 0 aliphatic rings. The molecule has 1 rings (SSSR count). The van der Waals surface area contributed by atoms with Crippen LogP contribution in [0.5, 0.6) is 0 Å². The topological polar surface area (TPSA) is 40.5 Å². The van der Waals surface area contributed by atoms with Crippen molar-refractivity contribution >= 4 is 34.9 Å². The van der Waals surface area contributed by atoms with Gasteiger partial charge in [-0.1, -0.05) is 12.1 Å². The second kappa shape index (κ2) is 8.39. The van der Waals surface area contributed by atoms with E-state index in [2.05, 4.69) is 0 Å². The number of hydrogen-bond donors (Lipinski definition) is 1. The minimum absolute atomic E-state index is 0.199. The van der Waals surface area contributed by atoms with Gasteiger partial charge in [0.2, 0.25) is 0 Å². The summed E-state index contributed by atoms with van der Waals surface area (Å²) < 4.78 is 28.0. The standard InChI is InChI=1S/C14H17Cl2F2NO2/c15-6-8-19(9-7-16)12-3-1-2-11(10-12)14(17,18)5-4-13(20)21/h1-3,10H,4-9H2,(H,20,21). The molecule has 0 saturated carbocycles. The molecule has 0 radical (unpaired) electrons. The Balaban J connectivity index is 2.94. The molecule has 3 nitrogen and oxygen atoms in total. The average Bonchev–Trinajstić information content (AvgIpc) is 2.45. The highest BCUT2D eigenvalue weighted by Gasteiger charge is 2.32. The van der Waals surface area contributed by atoms with Crippen molar-refractivity contribution in [2.45, 2.75) is 18.8 Å². The van der Waals surface area contributed by atoms with Crippen molar-refractivity contribution < 1.29 is 18.7 Å². The van der Waals surface area contributed by atoms with Gasteiger partial charge in [-0.15, -0.1) is 23.2 Å². The number of benzene rings is 1. The molecule has 0 unspecified atom stereocenters. The van der Waals surface area contributed by atoms with E-state index in [-0.39, 0.29) is 5.56 Å². The predicted molar refractivity (Wildman–Crippen MR) is 80.9 cm³/mol. The molecule has 0 atom stereocenters. The monoisotopic (exact) mass is 339 g/mol. The van der Waals surface area contributed by atoms with Gasteiger partial charge in [0.25, 0.3) is 5.92 Å². The highest BCUT2D eigenvalue weighted by atomic mass is 35.5. The molecule has 0 fully saturated rings. The third-order valence-corrected chi connectivity index (χ3v) is 3.33. The van der Waals surface area contributed by atoms with E-state index in [4.69, 9.17) is 28.3 Å². The van der Waals surface area contributed by atoms with Crippen LogP contribution >= 0.6 is 23.2 Å². The Morgan fingerprint density at radius 2 is 1.86 bits per heavy atom. The Morgan fingerprint density at radius 1 is 1.24 bits per heavy atom. The van der Waals surface area contributed by atoms with Crippen LogP contribution in [0.25, 0.3) is 0 Å². The van der Waals surface area contributed by atoms with Gasteiger partial charge in [0, 0.05) is 42.5 Å². The molecule has 118 valence electrons. The van der Waals surface area contributed by atoms with Gasteiger partial charge in [0.05, 0.1) is 6.42 Å². The quantitative estimate of drug-likeness (QED) is 0.693. The number of halogens is 4. The number of anilines is 1. The molecule has 1 aromatic carbocycles. The van der Waals surface area contributed by atoms with Crippen LogP contribution in [0.3, 0.4) is 0 Å². The fraction of sp³-hybridized carbons (Fsp3) is 0.500. The maximum absolute atomic E-state index is 14.0. The van der Waals surface area contributed by atoms with Crippen LogP contribution in [-0.4, -0.2) is 35.9 Å². The minimum Gasteiger partial charge on any atom is -0.481 e. The van der Waals surface area contributed by atoms with E-state index in [1.165, 1.54) is 18.2 Å². The van der Waals surface area contributed by atoms with Crippen molar-refractivity contribution in [3.63, 3.8) is 0 Å². The van der Waals surface area contributed by atoms with E-state index in [1.807, 2.05) is 4.90 Å². The maximum atomic E-state index is 14.0. The van der Waals surface area contributed by atoms with Gasteiger partial charge >= 0.3 is 5.97 Å². The van der Waals surface area contributed by atoms with E-state index in [9.17, 15) is 13.6 Å². The van der Waals surface area contributed by atoms with Gasteiger partial charge in [-0.3, -0.25) is 4.79 Å². The first kappa shape index (κ1) is 18.0. The molecule has 0 spiro atoms. The van der Waals surface area contributed by atoms with Crippen molar-refractivity contribution in [2.75, 3.05) is 29.7 Å². The summed E-state index contributed by atoms with van der Waals surface area (Å²) in [5, 5.41) is 8.54. The molecular formula is C14H17Cl2F2NO2. The predicted octanol–water partition coefficient (Wildman–Crippen LogP) is 3.93. The number of carbonyl (C=O) groups is 1. The average molecular weight is 340 g/mol. The van der Waals surface area contributed by atoms with E-state index >= 15 is 0 Å². The Morgan fingerprint density at radius 3 is 2.38 bits per heavy atom. The second-order valence-corrected chi connectivity index (χ2v) is 5.27. The summed E-state index contributed by atoms with van der Waals surface area (Å²) in [5.74, 6) is -3.70. The van der Waals surface area contributed by atoms with Crippen LogP contribution in [0, 0.1) is 0 Å². The van der Waals surface area contributed by atoms with E-state index in [1.54, 1.807) is 6.07 Å². The summed E-state index contributed by atoms with van der Waals surface area (Å²) in [6.07, 6.45) is -1.30. The molecule has 0 saturated heterocycles. The van der Waals surface area contributed by atoms with Crippen molar-refractivity contribution in [2.24, 2.45) is 0 Å². The van der Waals surface area contributed by atoms with Crippen LogP contribution in [0.15, 0.2) is 24.3 Å². The number of hydrogen-bond acceptors (Lipinski definition) is 2. The first-order valence-corrected chi connectivity index (χ1v) is 7.54. The molecule has 21 heavy (non-hydrogen) atoms. The van der Waals surface area contributed by atoms with Crippen molar-refractivity contribution in [1.82, 2.24) is 0 Å². The molecule has 0 aromatic heterocycles. The fourth-order valence-corrected chi connectivity index (χ4v) is 2.32. The minimum atomic E-state index is -3.18. The third kappa shape index (κ3) is 5.67. The van der Waals surface area contributed by atoms with Crippen LogP contribution in [0.4, 0.5) is 14.5 Å². The summed E-state index contributed by atoms with van der Waals surface area (Å²) in [6, 6.07) is 5.89. The van der Waals surface area contributed by atoms with Crippen molar-refractivity contribution in [3.8, 4) is 0 Å². The van der Waals surface area contributed by atoms with Crippen LogP contribution in [0.2, 0.25) is 0 Å². The van der Waals surface area contributed by atoms with Gasteiger partial charge in [-0.2, -0.15) is 0 Å². The lowest BCUT2D eigenvalue weighted by Crippen LogP contribution is -2.28. The number of alkyl halides is 4. The molecule has 7 heteroatoms. The zero-order chi connectivity index (χ0) is 15.9. The summed E-state index contributed by atoms with van der Waals surface area (Å²) in [7, 11) is 0. The van der Waals surface area contributed by atoms with Crippen molar-refractivity contribution in [3.05, 3.63) is 29.8 Å². The zero-order valence-corrected chi connectivity index (χ0v) is 12.9. The normalized spacial score (nSPS) is 11.4. The molecule has 0 bridgehead atoms. The fourth-order valence-electron chi connectivity index (χ4n) is 1.91. The SMILES string of the molecule is O=C(O)CCC(F)(F)c1cccc(N(CCCl)CCCl)c1. The van der Waals surface area contributed by atoms with Crippen LogP contribution < -0.4 is 4.90 Å². The Labute approximate surface area is 132 Å². The molecule has 0 aliphatic heterocycles. The molecule has 1 N–H and O–H groups in total. The van der Waals surface area contributed by atoms with Gasteiger partial charge in [-0.05, 0) is 12.1 Å². The molecule has 0 amide bonds. The first-order valence-electron chi connectivity index (χ1n) is 6.47. The summed E-state index contributed by atoms with van der Waals surface area (Å²) in [5.41, 5.74) is 0.402. The molecule has 0 heterocycles. The molecule has 0 aliphatic carbocycles. The van der Waals surface area contributed by atoms with Gasteiger partial charge in [0.1, 0.15) is 0 Å². The highest BCUT2D eigenvalue weighted by Crippen LogP contribution is 2.34. The van der Waals surface area contributed by atoms with Gasteiger partial charge in [-0.25, -0.2) is 8.78 Å². The Kier molecular flexibility index (Phi) is 7.18. The Bertz CT molecular complexity index is 466. The zero-order valence-electron chi connectivity index (χ0n) is 11.4. The van der Waals surface area contributed by atoms with Crippen LogP contribution in [-0.2, 0) is 10.7 Å². The van der Waals surface area contributed by atoms with Crippen LogP contribution in [0.1, 0.15) is 18.4 Å². The van der Waals surface area contributed by atoms with Gasteiger partial charge < -0.3 is 10.0 Å². The maximum Gasteiger partial charge on any atom is 0.303 e. The summed E-state index contributed by atoms with van der Waals surface area (Å²) in [6.45, 7) is 0.997. The van der Waals surface area contributed by atoms with E-state index in [0.29, 0.717) is 30.5 Å². The smallest absolute Gasteiger partial charge is 0.303 e. The van der Waals surface area contributed by atoms with E-state index in [0.717, 1.165) is 0 Å². The number of rotatable bonds is 9. The number of aliphatic carboxylic acids is 1. The molecular weight excluding hydrogens is 323 g/mol. The number of nitrogens with zero attached hydrogens (tertiary/aromatic N) is 1. The first-order chi connectivity index (χ1) is 9.90. The lowest BCUT2D eigenvalue weighted by atomic mass is 10.0. The van der Waals surface area contributed by atoms with Gasteiger partial charge in [0.15, 0.2) is 0 Å². The number of carboxylic acid groups (broad SMARTS) is 1. The highest BCUT2D eigenvalue weighted by molar-refractivity contribution is 6.18. The largest absolute Gasteiger partial charge is 0.481 e. The van der Waals surface area contributed by atoms with Crippen molar-refractivity contribution in [1.29, 1.82) is 0 Å². The van der Waals surface area contributed by atoms with E-state index < -0.39 is 24.7 Å². The lowest BCUT2D eigenvalue weighted by molar-refractivity contribution is -0.139. The molecule has 1 aromatic rings. The second-order valence-electron chi connectivity index (χ2n) is 4.51. The number of carboxylic acids is 1. The lowest BCUT2D eigenvalue weighted by Gasteiger charge is -2.25. The summed E-state index contributed by atoms with van der Waals surface area (Å²) in [4.78, 5) is 12.3. The summed E-state index contributed by atoms with van der Waals surface area (Å²) >= 11 is 11.4.